The van der Waals surface area contributed by atoms with Crippen molar-refractivity contribution in [1.82, 2.24) is 0 Å². The summed E-state index contributed by atoms with van der Waals surface area (Å²) < 4.78 is 13.1. The van der Waals surface area contributed by atoms with Crippen LogP contribution in [-0.4, -0.2) is 13.0 Å². The Labute approximate surface area is 203 Å². The van der Waals surface area contributed by atoms with Crippen LogP contribution in [0.15, 0.2) is 75.2 Å². The standard InChI is InChI=1S/C25H20Br2N2O3/c1-16-7-9-20(10-8-16)29-25(30)19(14-28)11-17-12-22(27)24(23(13-17)31-2)32-15-18-5-3-4-6-21(18)26/h3-13H,15H2,1-2H3,(H,29,30)/b19-11+. The summed E-state index contributed by atoms with van der Waals surface area (Å²) >= 11 is 7.02. The average Bonchev–Trinajstić information content (AvgIpc) is 2.78. The van der Waals surface area contributed by atoms with Crippen molar-refractivity contribution in [1.29, 1.82) is 5.26 Å². The molecular formula is C25H20Br2N2O3. The SMILES string of the molecule is COc1cc(/C=C(\C#N)C(=O)Nc2ccc(C)cc2)cc(Br)c1OCc1ccccc1Br. The highest BCUT2D eigenvalue weighted by atomic mass is 79.9. The number of rotatable bonds is 7. The molecular weight excluding hydrogens is 536 g/mol. The van der Waals surface area contributed by atoms with E-state index in [0.29, 0.717) is 33.8 Å². The maximum absolute atomic E-state index is 12.6. The first-order valence-corrected chi connectivity index (χ1v) is 11.2. The molecule has 0 saturated heterocycles. The first kappa shape index (κ1) is 23.6. The molecule has 1 amide bonds. The van der Waals surface area contributed by atoms with E-state index >= 15 is 0 Å². The highest BCUT2D eigenvalue weighted by Gasteiger charge is 2.15. The van der Waals surface area contributed by atoms with E-state index in [0.717, 1.165) is 15.6 Å². The van der Waals surface area contributed by atoms with Gasteiger partial charge in [0.15, 0.2) is 11.5 Å². The molecule has 0 fully saturated rings. The number of hydrogen-bond donors (Lipinski definition) is 1. The van der Waals surface area contributed by atoms with Crippen LogP contribution in [0.1, 0.15) is 16.7 Å². The Morgan fingerprint density at radius 2 is 1.81 bits per heavy atom. The van der Waals surface area contributed by atoms with E-state index < -0.39 is 5.91 Å². The number of benzene rings is 3. The van der Waals surface area contributed by atoms with Crippen LogP contribution in [0.3, 0.4) is 0 Å². The Morgan fingerprint density at radius 3 is 2.47 bits per heavy atom. The molecule has 162 valence electrons. The van der Waals surface area contributed by atoms with Gasteiger partial charge >= 0.3 is 0 Å². The van der Waals surface area contributed by atoms with E-state index in [-0.39, 0.29) is 5.57 Å². The van der Waals surface area contributed by atoms with Crippen molar-refractivity contribution in [3.63, 3.8) is 0 Å². The number of ether oxygens (including phenoxy) is 2. The normalized spacial score (nSPS) is 10.9. The summed E-state index contributed by atoms with van der Waals surface area (Å²) in [6.45, 7) is 2.30. The third-order valence-electron chi connectivity index (χ3n) is 4.57. The van der Waals surface area contributed by atoms with Crippen molar-refractivity contribution in [2.45, 2.75) is 13.5 Å². The average molecular weight is 556 g/mol. The smallest absolute Gasteiger partial charge is 0.266 e. The number of amides is 1. The molecule has 0 aliphatic rings. The lowest BCUT2D eigenvalue weighted by atomic mass is 10.1. The minimum Gasteiger partial charge on any atom is -0.493 e. The van der Waals surface area contributed by atoms with Gasteiger partial charge < -0.3 is 14.8 Å². The molecule has 0 radical (unpaired) electrons. The minimum absolute atomic E-state index is 0.0265. The Morgan fingerprint density at radius 1 is 1.09 bits per heavy atom. The molecule has 0 heterocycles. The summed E-state index contributed by atoms with van der Waals surface area (Å²) in [5, 5.41) is 12.3. The fraction of sp³-hybridized carbons (Fsp3) is 0.120. The van der Waals surface area contributed by atoms with Crippen molar-refractivity contribution in [3.8, 4) is 17.6 Å². The van der Waals surface area contributed by atoms with Gasteiger partial charge in [-0.3, -0.25) is 4.79 Å². The van der Waals surface area contributed by atoms with Gasteiger partial charge in [0, 0.05) is 15.7 Å². The number of anilines is 1. The zero-order chi connectivity index (χ0) is 23.1. The first-order valence-electron chi connectivity index (χ1n) is 9.65. The predicted octanol–water partition coefficient (Wildman–Crippen LogP) is 6.65. The Bertz CT molecular complexity index is 1200. The van der Waals surface area contributed by atoms with E-state index in [4.69, 9.17) is 9.47 Å². The van der Waals surface area contributed by atoms with E-state index in [1.807, 2.05) is 49.4 Å². The zero-order valence-corrected chi connectivity index (χ0v) is 20.7. The van der Waals surface area contributed by atoms with Gasteiger partial charge in [-0.1, -0.05) is 51.8 Å². The largest absolute Gasteiger partial charge is 0.493 e. The van der Waals surface area contributed by atoms with Gasteiger partial charge in [-0.15, -0.1) is 0 Å². The summed E-state index contributed by atoms with van der Waals surface area (Å²) in [6.07, 6.45) is 1.51. The summed E-state index contributed by atoms with van der Waals surface area (Å²) in [5.41, 5.74) is 3.29. The molecule has 0 aliphatic heterocycles. The molecule has 3 aromatic carbocycles. The van der Waals surface area contributed by atoms with Crippen LogP contribution in [0.25, 0.3) is 6.08 Å². The highest BCUT2D eigenvalue weighted by molar-refractivity contribution is 9.10. The Balaban J connectivity index is 1.82. The number of aryl methyl sites for hydroxylation is 1. The van der Waals surface area contributed by atoms with Gasteiger partial charge in [0.1, 0.15) is 18.2 Å². The topological polar surface area (TPSA) is 71.3 Å². The first-order chi connectivity index (χ1) is 15.4. The Kier molecular flexibility index (Phi) is 8.09. The monoisotopic (exact) mass is 554 g/mol. The van der Waals surface area contributed by atoms with Crippen LogP contribution in [-0.2, 0) is 11.4 Å². The van der Waals surface area contributed by atoms with E-state index in [2.05, 4.69) is 37.2 Å². The van der Waals surface area contributed by atoms with Crippen LogP contribution in [0, 0.1) is 18.3 Å². The Hall–Kier alpha value is -3.08. The van der Waals surface area contributed by atoms with Crippen LogP contribution in [0.5, 0.6) is 11.5 Å². The third kappa shape index (κ3) is 6.00. The summed E-state index contributed by atoms with van der Waals surface area (Å²) in [7, 11) is 1.54. The van der Waals surface area contributed by atoms with Crippen LogP contribution in [0.4, 0.5) is 5.69 Å². The number of halogens is 2. The van der Waals surface area contributed by atoms with Gasteiger partial charge in [0.25, 0.3) is 5.91 Å². The van der Waals surface area contributed by atoms with Crippen LogP contribution >= 0.6 is 31.9 Å². The second-order valence-corrected chi connectivity index (χ2v) is 8.61. The number of nitrogens with zero attached hydrogens (tertiary/aromatic N) is 1. The molecule has 0 aliphatic carbocycles. The summed E-state index contributed by atoms with van der Waals surface area (Å²) in [6, 6.07) is 20.6. The molecule has 0 aromatic heterocycles. The number of methoxy groups -OCH3 is 1. The minimum atomic E-state index is -0.485. The molecule has 32 heavy (non-hydrogen) atoms. The molecule has 0 bridgehead atoms. The maximum Gasteiger partial charge on any atom is 0.266 e. The van der Waals surface area contributed by atoms with Crippen molar-refractivity contribution in [2.75, 3.05) is 12.4 Å². The molecule has 1 N–H and O–H groups in total. The van der Waals surface area contributed by atoms with Crippen LogP contribution in [0.2, 0.25) is 0 Å². The number of carbonyl (C=O) groups is 1. The lowest BCUT2D eigenvalue weighted by Gasteiger charge is -2.14. The van der Waals surface area contributed by atoms with Gasteiger partial charge in [-0.25, -0.2) is 0 Å². The molecule has 7 heteroatoms. The van der Waals surface area contributed by atoms with Crippen molar-refractivity contribution in [3.05, 3.63) is 91.9 Å². The predicted molar refractivity (Wildman–Crippen MR) is 133 cm³/mol. The van der Waals surface area contributed by atoms with E-state index in [1.54, 1.807) is 24.3 Å². The van der Waals surface area contributed by atoms with E-state index in [9.17, 15) is 10.1 Å². The second-order valence-electron chi connectivity index (χ2n) is 6.90. The number of nitrogens with one attached hydrogen (secondary N) is 1. The fourth-order valence-electron chi connectivity index (χ4n) is 2.88. The van der Waals surface area contributed by atoms with Crippen molar-refractivity contribution >= 4 is 49.5 Å². The number of carbonyl (C=O) groups excluding carboxylic acids is 1. The molecule has 0 unspecified atom stereocenters. The second kappa shape index (κ2) is 11.0. The number of nitriles is 1. The molecule has 3 aromatic rings. The highest BCUT2D eigenvalue weighted by Crippen LogP contribution is 2.38. The van der Waals surface area contributed by atoms with Crippen LogP contribution < -0.4 is 14.8 Å². The quantitative estimate of drug-likeness (QED) is 0.261. The lowest BCUT2D eigenvalue weighted by Crippen LogP contribution is -2.13. The molecule has 0 atom stereocenters. The van der Waals surface area contributed by atoms with Crippen molar-refractivity contribution < 1.29 is 14.3 Å². The third-order valence-corrected chi connectivity index (χ3v) is 5.93. The van der Waals surface area contributed by atoms with Gasteiger partial charge in [-0.05, 0) is 64.8 Å². The van der Waals surface area contributed by atoms with Crippen molar-refractivity contribution in [2.24, 2.45) is 0 Å². The maximum atomic E-state index is 12.6. The van der Waals surface area contributed by atoms with Gasteiger partial charge in [0.2, 0.25) is 0 Å². The summed E-state index contributed by atoms with van der Waals surface area (Å²) in [4.78, 5) is 12.6. The molecule has 5 nitrogen and oxygen atoms in total. The molecule has 3 rings (SSSR count). The zero-order valence-electron chi connectivity index (χ0n) is 17.5. The molecule has 0 spiro atoms. The fourth-order valence-corrected chi connectivity index (χ4v) is 3.85. The van der Waals surface area contributed by atoms with E-state index in [1.165, 1.54) is 13.2 Å². The van der Waals surface area contributed by atoms with Gasteiger partial charge in [0.05, 0.1) is 11.6 Å². The molecule has 0 saturated carbocycles. The lowest BCUT2D eigenvalue weighted by molar-refractivity contribution is -0.112. The summed E-state index contributed by atoms with van der Waals surface area (Å²) in [5.74, 6) is 0.526. The number of hydrogen-bond acceptors (Lipinski definition) is 4. The van der Waals surface area contributed by atoms with Gasteiger partial charge in [-0.2, -0.15) is 5.26 Å².